The maximum Gasteiger partial charge on any atom is 0.213 e. The molecule has 1 saturated heterocycles. The van der Waals surface area contributed by atoms with Crippen LogP contribution in [0.15, 0.2) is 15.9 Å². The van der Waals surface area contributed by atoms with Crippen LogP contribution in [-0.2, 0) is 16.6 Å². The van der Waals surface area contributed by atoms with Crippen molar-refractivity contribution in [3.05, 3.63) is 20.8 Å². The lowest BCUT2D eigenvalue weighted by molar-refractivity contribution is 0.253. The molecule has 2 N–H and O–H groups in total. The minimum absolute atomic E-state index is 0.166. The van der Waals surface area contributed by atoms with E-state index in [2.05, 4.69) is 30.9 Å². The number of nitrogens with one attached hydrogen (secondary N) is 2. The van der Waals surface area contributed by atoms with Crippen molar-refractivity contribution in [3.8, 4) is 0 Å². The fourth-order valence-corrected chi connectivity index (χ4v) is 4.42. The van der Waals surface area contributed by atoms with Gasteiger partial charge in [0.25, 0.3) is 0 Å². The highest BCUT2D eigenvalue weighted by Gasteiger charge is 2.15. The van der Waals surface area contributed by atoms with Crippen molar-refractivity contribution in [3.63, 3.8) is 0 Å². The highest BCUT2D eigenvalue weighted by atomic mass is 79.9. The number of hydrogen-bond acceptors (Lipinski definition) is 5. The number of piperazine rings is 1. The van der Waals surface area contributed by atoms with E-state index in [9.17, 15) is 8.42 Å². The summed E-state index contributed by atoms with van der Waals surface area (Å²) >= 11 is 4.91. The molecule has 0 atom stereocenters. The van der Waals surface area contributed by atoms with Crippen LogP contribution in [0.2, 0.25) is 0 Å². The zero-order chi connectivity index (χ0) is 13.7. The highest BCUT2D eigenvalue weighted by molar-refractivity contribution is 9.11. The van der Waals surface area contributed by atoms with Gasteiger partial charge in [0, 0.05) is 44.1 Å². The van der Waals surface area contributed by atoms with Crippen LogP contribution in [0.1, 0.15) is 4.88 Å². The van der Waals surface area contributed by atoms with Crippen LogP contribution in [0, 0.1) is 0 Å². The van der Waals surface area contributed by atoms with E-state index in [0.717, 1.165) is 34.8 Å². The molecule has 0 aromatic carbocycles. The Morgan fingerprint density at radius 1 is 1.37 bits per heavy atom. The van der Waals surface area contributed by atoms with Crippen LogP contribution in [0.5, 0.6) is 0 Å². The number of halogens is 1. The molecule has 1 fully saturated rings. The topological polar surface area (TPSA) is 61.4 Å². The average molecular weight is 368 g/mol. The Labute approximate surface area is 126 Å². The van der Waals surface area contributed by atoms with Crippen LogP contribution in [0.25, 0.3) is 0 Å². The minimum atomic E-state index is -3.19. The van der Waals surface area contributed by atoms with Gasteiger partial charge in [0.05, 0.1) is 9.54 Å². The van der Waals surface area contributed by atoms with Crippen molar-refractivity contribution in [2.45, 2.75) is 6.54 Å². The van der Waals surface area contributed by atoms with E-state index < -0.39 is 10.0 Å². The van der Waals surface area contributed by atoms with Crippen molar-refractivity contribution in [2.75, 3.05) is 38.5 Å². The average Bonchev–Trinajstić information content (AvgIpc) is 2.82. The van der Waals surface area contributed by atoms with Crippen LogP contribution in [0.4, 0.5) is 0 Å². The summed E-state index contributed by atoms with van der Waals surface area (Å²) in [5, 5.41) is 3.25. The molecule has 0 aliphatic carbocycles. The van der Waals surface area contributed by atoms with Gasteiger partial charge in [-0.1, -0.05) is 0 Å². The summed E-state index contributed by atoms with van der Waals surface area (Å²) < 4.78 is 27.4. The Morgan fingerprint density at radius 2 is 2.11 bits per heavy atom. The molecule has 0 amide bonds. The smallest absolute Gasteiger partial charge is 0.213 e. The zero-order valence-electron chi connectivity index (χ0n) is 10.6. The van der Waals surface area contributed by atoms with Gasteiger partial charge in [-0.25, -0.2) is 13.1 Å². The van der Waals surface area contributed by atoms with Gasteiger partial charge in [-0.05, 0) is 28.1 Å². The first-order valence-electron chi connectivity index (χ1n) is 6.20. The summed E-state index contributed by atoms with van der Waals surface area (Å²) in [7, 11) is -3.19. The Morgan fingerprint density at radius 3 is 2.74 bits per heavy atom. The van der Waals surface area contributed by atoms with Gasteiger partial charge in [0.2, 0.25) is 10.0 Å². The molecule has 0 unspecified atom stereocenters. The standard InChI is InChI=1S/C11H18BrN3O2S2/c12-11-2-1-10(18-11)9-14-19(16,17)8-7-15-5-3-13-4-6-15/h1-2,13-14H,3-9H2. The summed E-state index contributed by atoms with van der Waals surface area (Å²) in [5.41, 5.74) is 0. The number of nitrogens with zero attached hydrogens (tertiary/aromatic N) is 1. The van der Waals surface area contributed by atoms with E-state index in [1.807, 2.05) is 12.1 Å². The van der Waals surface area contributed by atoms with Gasteiger partial charge in [-0.3, -0.25) is 4.90 Å². The summed E-state index contributed by atoms with van der Waals surface area (Å²) in [6.07, 6.45) is 0. The molecule has 0 saturated carbocycles. The lowest BCUT2D eigenvalue weighted by atomic mass is 10.4. The first-order valence-corrected chi connectivity index (χ1v) is 9.46. The molecule has 2 rings (SSSR count). The number of sulfonamides is 1. The quantitative estimate of drug-likeness (QED) is 0.781. The molecule has 19 heavy (non-hydrogen) atoms. The molecular weight excluding hydrogens is 350 g/mol. The predicted octanol–water partition coefficient (Wildman–Crippen LogP) is 0.835. The first kappa shape index (κ1) is 15.4. The summed E-state index contributed by atoms with van der Waals surface area (Å²) in [4.78, 5) is 3.19. The lowest BCUT2D eigenvalue weighted by Crippen LogP contribution is -2.45. The van der Waals surface area contributed by atoms with E-state index >= 15 is 0 Å². The number of rotatable bonds is 6. The molecule has 2 heterocycles. The van der Waals surface area contributed by atoms with Crippen molar-refractivity contribution in [1.29, 1.82) is 0 Å². The molecule has 0 radical (unpaired) electrons. The maximum atomic E-state index is 11.9. The summed E-state index contributed by atoms with van der Waals surface area (Å²) in [5.74, 6) is 0.166. The third-order valence-electron chi connectivity index (χ3n) is 2.98. The summed E-state index contributed by atoms with van der Waals surface area (Å²) in [6.45, 7) is 4.71. The van der Waals surface area contributed by atoms with Crippen LogP contribution < -0.4 is 10.0 Å². The molecule has 108 valence electrons. The van der Waals surface area contributed by atoms with Crippen molar-refractivity contribution >= 4 is 37.3 Å². The second-order valence-corrected chi connectivity index (χ2v) is 8.91. The largest absolute Gasteiger partial charge is 0.314 e. The third-order valence-corrected chi connectivity index (χ3v) is 5.91. The van der Waals surface area contributed by atoms with E-state index in [1.165, 1.54) is 0 Å². The number of thiophene rings is 1. The molecule has 1 aliphatic rings. The SMILES string of the molecule is O=S(=O)(CCN1CCNCC1)NCc1ccc(Br)s1. The van der Waals surface area contributed by atoms with Gasteiger partial charge in [-0.2, -0.15) is 0 Å². The molecule has 0 bridgehead atoms. The van der Waals surface area contributed by atoms with E-state index in [-0.39, 0.29) is 5.75 Å². The molecule has 5 nitrogen and oxygen atoms in total. The fraction of sp³-hybridized carbons (Fsp3) is 0.636. The molecule has 1 aromatic heterocycles. The van der Waals surface area contributed by atoms with E-state index in [4.69, 9.17) is 0 Å². The Hall–Kier alpha value is 0.01000. The minimum Gasteiger partial charge on any atom is -0.314 e. The van der Waals surface area contributed by atoms with Crippen molar-refractivity contribution < 1.29 is 8.42 Å². The van der Waals surface area contributed by atoms with Crippen LogP contribution in [-0.4, -0.2) is 51.8 Å². The third kappa shape index (κ3) is 5.49. The Kier molecular flexibility index (Phi) is 5.79. The van der Waals surface area contributed by atoms with Gasteiger partial charge >= 0.3 is 0 Å². The van der Waals surface area contributed by atoms with Crippen molar-refractivity contribution in [1.82, 2.24) is 14.9 Å². The van der Waals surface area contributed by atoms with Crippen molar-refractivity contribution in [2.24, 2.45) is 0 Å². The zero-order valence-corrected chi connectivity index (χ0v) is 13.8. The second kappa shape index (κ2) is 7.14. The van der Waals surface area contributed by atoms with Crippen LogP contribution >= 0.6 is 27.3 Å². The first-order chi connectivity index (χ1) is 9.05. The predicted molar refractivity (Wildman–Crippen MR) is 82.0 cm³/mol. The molecule has 1 aliphatic heterocycles. The molecule has 1 aromatic rings. The van der Waals surface area contributed by atoms with E-state index in [1.54, 1.807) is 11.3 Å². The van der Waals surface area contributed by atoms with Gasteiger partial charge in [-0.15, -0.1) is 11.3 Å². The lowest BCUT2D eigenvalue weighted by Gasteiger charge is -2.26. The highest BCUT2D eigenvalue weighted by Crippen LogP contribution is 2.21. The van der Waals surface area contributed by atoms with Gasteiger partial charge in [0.15, 0.2) is 0 Å². The normalized spacial score (nSPS) is 17.7. The molecule has 8 heteroatoms. The maximum absolute atomic E-state index is 11.9. The van der Waals surface area contributed by atoms with Gasteiger partial charge < -0.3 is 5.32 Å². The van der Waals surface area contributed by atoms with Crippen LogP contribution in [0.3, 0.4) is 0 Å². The monoisotopic (exact) mass is 367 g/mol. The Bertz CT molecular complexity index is 498. The Balaban J connectivity index is 1.75. The second-order valence-electron chi connectivity index (χ2n) is 4.44. The molecule has 0 spiro atoms. The molecular formula is C11H18BrN3O2S2. The summed E-state index contributed by atoms with van der Waals surface area (Å²) in [6, 6.07) is 3.85. The fourth-order valence-electron chi connectivity index (χ4n) is 1.88. The number of hydrogen-bond donors (Lipinski definition) is 2. The van der Waals surface area contributed by atoms with Gasteiger partial charge in [0.1, 0.15) is 0 Å². The van der Waals surface area contributed by atoms with E-state index in [0.29, 0.717) is 13.1 Å².